The van der Waals surface area contributed by atoms with Crippen molar-refractivity contribution in [2.45, 2.75) is 39.7 Å². The van der Waals surface area contributed by atoms with Crippen molar-refractivity contribution >= 4 is 12.0 Å². The highest BCUT2D eigenvalue weighted by atomic mass is 16.5. The van der Waals surface area contributed by atoms with E-state index in [1.54, 1.807) is 13.8 Å². The third-order valence-corrected chi connectivity index (χ3v) is 2.32. The molecule has 0 fully saturated rings. The van der Waals surface area contributed by atoms with Crippen LogP contribution >= 0.6 is 0 Å². The number of carboxylic acid groups (broad SMARTS) is 1. The van der Waals surface area contributed by atoms with Crippen molar-refractivity contribution < 1.29 is 19.4 Å². The number of hydrogen-bond acceptors (Lipinski definition) is 3. The van der Waals surface area contributed by atoms with E-state index in [1.807, 2.05) is 6.92 Å². The van der Waals surface area contributed by atoms with Crippen LogP contribution in [0.2, 0.25) is 0 Å². The van der Waals surface area contributed by atoms with Gasteiger partial charge in [0.1, 0.15) is 6.04 Å². The van der Waals surface area contributed by atoms with Gasteiger partial charge in [-0.25, -0.2) is 9.59 Å². The molecule has 0 aliphatic heterocycles. The van der Waals surface area contributed by atoms with E-state index in [4.69, 9.17) is 9.84 Å². The predicted molar refractivity (Wildman–Crippen MR) is 68.5 cm³/mol. The van der Waals surface area contributed by atoms with Gasteiger partial charge in [0, 0.05) is 19.8 Å². The zero-order valence-electron chi connectivity index (χ0n) is 11.4. The maximum atomic E-state index is 11.4. The standard InChI is InChI=1S/C12H24N2O4/c1-4-7-18-8-5-6-13-12(17)14-10(9(2)3)11(15)16/h9-10H,4-8H2,1-3H3,(H,15,16)(H2,13,14,17)/t10-/m1/s1. The van der Waals surface area contributed by atoms with Gasteiger partial charge in [0.05, 0.1) is 0 Å². The maximum Gasteiger partial charge on any atom is 0.326 e. The van der Waals surface area contributed by atoms with Crippen LogP contribution in [0.4, 0.5) is 4.79 Å². The molecule has 0 aliphatic carbocycles. The lowest BCUT2D eigenvalue weighted by atomic mass is 10.1. The van der Waals surface area contributed by atoms with E-state index in [1.165, 1.54) is 0 Å². The molecule has 0 bridgehead atoms. The first-order chi connectivity index (χ1) is 8.49. The van der Waals surface area contributed by atoms with Gasteiger partial charge in [0.25, 0.3) is 0 Å². The number of carbonyl (C=O) groups excluding carboxylic acids is 1. The summed E-state index contributed by atoms with van der Waals surface area (Å²) < 4.78 is 5.26. The number of rotatable bonds is 9. The van der Waals surface area contributed by atoms with Crippen LogP contribution in [0.5, 0.6) is 0 Å². The Balaban J connectivity index is 3.72. The molecule has 0 rings (SSSR count). The quantitative estimate of drug-likeness (QED) is 0.544. The Bertz CT molecular complexity index is 256. The molecule has 0 aromatic heterocycles. The van der Waals surface area contributed by atoms with Crippen LogP contribution in [0.15, 0.2) is 0 Å². The number of aliphatic carboxylic acids is 1. The number of carboxylic acids is 1. The van der Waals surface area contributed by atoms with Gasteiger partial charge in [0.2, 0.25) is 0 Å². The van der Waals surface area contributed by atoms with Crippen LogP contribution < -0.4 is 10.6 Å². The summed E-state index contributed by atoms with van der Waals surface area (Å²) in [4.78, 5) is 22.3. The van der Waals surface area contributed by atoms with Gasteiger partial charge in [-0.15, -0.1) is 0 Å². The Morgan fingerprint density at radius 1 is 1.28 bits per heavy atom. The van der Waals surface area contributed by atoms with Gasteiger partial charge in [0.15, 0.2) is 0 Å². The number of urea groups is 1. The molecule has 0 aliphatic rings. The second kappa shape index (κ2) is 9.70. The van der Waals surface area contributed by atoms with Crippen LogP contribution in [-0.2, 0) is 9.53 Å². The van der Waals surface area contributed by atoms with Crippen molar-refractivity contribution in [2.75, 3.05) is 19.8 Å². The van der Waals surface area contributed by atoms with Crippen molar-refractivity contribution in [2.24, 2.45) is 5.92 Å². The van der Waals surface area contributed by atoms with E-state index in [0.29, 0.717) is 19.6 Å². The Kier molecular flexibility index (Phi) is 9.00. The zero-order chi connectivity index (χ0) is 14.0. The number of hydrogen-bond donors (Lipinski definition) is 3. The maximum absolute atomic E-state index is 11.4. The zero-order valence-corrected chi connectivity index (χ0v) is 11.4. The Morgan fingerprint density at radius 2 is 1.94 bits per heavy atom. The van der Waals surface area contributed by atoms with Crippen LogP contribution in [-0.4, -0.2) is 42.9 Å². The molecule has 2 amide bonds. The summed E-state index contributed by atoms with van der Waals surface area (Å²) in [5.41, 5.74) is 0. The lowest BCUT2D eigenvalue weighted by Gasteiger charge is -2.18. The summed E-state index contributed by atoms with van der Waals surface area (Å²) in [5.74, 6) is -1.17. The highest BCUT2D eigenvalue weighted by Crippen LogP contribution is 2.01. The molecule has 0 aromatic rings. The first kappa shape index (κ1) is 16.7. The Morgan fingerprint density at radius 3 is 2.44 bits per heavy atom. The Hall–Kier alpha value is -1.30. The van der Waals surface area contributed by atoms with Gasteiger partial charge in [-0.3, -0.25) is 0 Å². The summed E-state index contributed by atoms with van der Waals surface area (Å²) in [6, 6.07) is -1.31. The minimum Gasteiger partial charge on any atom is -0.480 e. The molecular formula is C12H24N2O4. The minimum atomic E-state index is -1.02. The highest BCUT2D eigenvalue weighted by molar-refractivity contribution is 5.82. The van der Waals surface area contributed by atoms with E-state index in [-0.39, 0.29) is 5.92 Å². The second-order valence-electron chi connectivity index (χ2n) is 4.43. The molecule has 106 valence electrons. The molecule has 6 nitrogen and oxygen atoms in total. The first-order valence-electron chi connectivity index (χ1n) is 6.34. The van der Waals surface area contributed by atoms with Crippen molar-refractivity contribution in [1.82, 2.24) is 10.6 Å². The molecule has 0 saturated carbocycles. The first-order valence-corrected chi connectivity index (χ1v) is 6.34. The molecule has 1 atom stereocenters. The fourth-order valence-electron chi connectivity index (χ4n) is 1.33. The largest absolute Gasteiger partial charge is 0.480 e. The molecule has 0 heterocycles. The van der Waals surface area contributed by atoms with Crippen LogP contribution in [0, 0.1) is 5.92 Å². The van der Waals surface area contributed by atoms with Gasteiger partial charge in [-0.05, 0) is 18.8 Å². The summed E-state index contributed by atoms with van der Waals surface area (Å²) in [6.45, 7) is 7.32. The number of carbonyl (C=O) groups is 2. The molecule has 0 unspecified atom stereocenters. The van der Waals surface area contributed by atoms with E-state index >= 15 is 0 Å². The van der Waals surface area contributed by atoms with Gasteiger partial charge >= 0.3 is 12.0 Å². The topological polar surface area (TPSA) is 87.7 Å². The van der Waals surface area contributed by atoms with Crippen LogP contribution in [0.25, 0.3) is 0 Å². The lowest BCUT2D eigenvalue weighted by molar-refractivity contribution is -0.140. The minimum absolute atomic E-state index is 0.152. The van der Waals surface area contributed by atoms with Gasteiger partial charge in [-0.2, -0.15) is 0 Å². The summed E-state index contributed by atoms with van der Waals surface area (Å²) in [6.07, 6.45) is 1.69. The SMILES string of the molecule is CCCOCCCNC(=O)N[C@@H](C(=O)O)C(C)C. The molecule has 6 heteroatoms. The lowest BCUT2D eigenvalue weighted by Crippen LogP contribution is -2.48. The number of nitrogens with one attached hydrogen (secondary N) is 2. The third kappa shape index (κ3) is 7.89. The van der Waals surface area contributed by atoms with E-state index < -0.39 is 18.0 Å². The van der Waals surface area contributed by atoms with E-state index in [9.17, 15) is 9.59 Å². The van der Waals surface area contributed by atoms with Crippen molar-refractivity contribution in [1.29, 1.82) is 0 Å². The number of amides is 2. The van der Waals surface area contributed by atoms with E-state index in [0.717, 1.165) is 13.0 Å². The van der Waals surface area contributed by atoms with Gasteiger partial charge < -0.3 is 20.5 Å². The molecule has 0 saturated heterocycles. The third-order valence-electron chi connectivity index (χ3n) is 2.32. The van der Waals surface area contributed by atoms with Crippen LogP contribution in [0.3, 0.4) is 0 Å². The monoisotopic (exact) mass is 260 g/mol. The Labute approximate surface area is 108 Å². The number of ether oxygens (including phenoxy) is 1. The molecule has 0 aromatic carbocycles. The molecule has 0 radical (unpaired) electrons. The average molecular weight is 260 g/mol. The van der Waals surface area contributed by atoms with Crippen LogP contribution in [0.1, 0.15) is 33.6 Å². The highest BCUT2D eigenvalue weighted by Gasteiger charge is 2.22. The second-order valence-corrected chi connectivity index (χ2v) is 4.43. The average Bonchev–Trinajstić information content (AvgIpc) is 2.29. The predicted octanol–water partition coefficient (Wildman–Crippen LogP) is 1.21. The fraction of sp³-hybridized carbons (Fsp3) is 0.833. The normalized spacial score (nSPS) is 12.2. The molecule has 18 heavy (non-hydrogen) atoms. The molecular weight excluding hydrogens is 236 g/mol. The van der Waals surface area contributed by atoms with Gasteiger partial charge in [-0.1, -0.05) is 20.8 Å². The fourth-order valence-corrected chi connectivity index (χ4v) is 1.33. The van der Waals surface area contributed by atoms with Crippen molar-refractivity contribution in [3.8, 4) is 0 Å². The molecule has 3 N–H and O–H groups in total. The van der Waals surface area contributed by atoms with Crippen molar-refractivity contribution in [3.63, 3.8) is 0 Å². The summed E-state index contributed by atoms with van der Waals surface area (Å²) >= 11 is 0. The molecule has 0 spiro atoms. The summed E-state index contributed by atoms with van der Waals surface area (Å²) in [7, 11) is 0. The smallest absolute Gasteiger partial charge is 0.326 e. The van der Waals surface area contributed by atoms with Crippen molar-refractivity contribution in [3.05, 3.63) is 0 Å². The summed E-state index contributed by atoms with van der Waals surface area (Å²) in [5, 5.41) is 13.9. The van der Waals surface area contributed by atoms with E-state index in [2.05, 4.69) is 10.6 Å².